The van der Waals surface area contributed by atoms with Crippen LogP contribution < -0.4 is 5.32 Å². The Kier molecular flexibility index (Phi) is 3.66. The number of nitrogens with zero attached hydrogens (tertiary/aromatic N) is 1. The molecule has 1 atom stereocenters. The predicted molar refractivity (Wildman–Crippen MR) is 90.3 cm³/mol. The highest BCUT2D eigenvalue weighted by Crippen LogP contribution is 2.33. The lowest BCUT2D eigenvalue weighted by atomic mass is 10.2. The monoisotopic (exact) mass is 344 g/mol. The summed E-state index contributed by atoms with van der Waals surface area (Å²) >= 11 is 0. The van der Waals surface area contributed by atoms with Crippen LogP contribution in [-0.2, 0) is 9.84 Å². The standard InChI is InChI=1S/C18H17FN2O2S/c19-13-4-3-5-15(10-13)24(22,23)18-12-21(14-8-9-20-11-14)17-7-2-1-6-16(17)18/h1-7,10,12,14,20H,8-9,11H2. The van der Waals surface area contributed by atoms with Crippen molar-refractivity contribution in [2.45, 2.75) is 22.3 Å². The van der Waals surface area contributed by atoms with Crippen molar-refractivity contribution < 1.29 is 12.8 Å². The number of nitrogens with one attached hydrogen (secondary N) is 1. The summed E-state index contributed by atoms with van der Waals surface area (Å²) in [7, 11) is -3.78. The van der Waals surface area contributed by atoms with E-state index in [-0.39, 0.29) is 15.8 Å². The zero-order chi connectivity index (χ0) is 16.7. The fraction of sp³-hybridized carbons (Fsp3) is 0.222. The molecule has 0 spiro atoms. The molecule has 4 nitrogen and oxygen atoms in total. The first kappa shape index (κ1) is 15.4. The molecule has 1 fully saturated rings. The molecule has 2 heterocycles. The maximum Gasteiger partial charge on any atom is 0.208 e. The van der Waals surface area contributed by atoms with E-state index in [0.717, 1.165) is 31.1 Å². The van der Waals surface area contributed by atoms with E-state index in [0.29, 0.717) is 5.39 Å². The molecule has 4 rings (SSSR count). The molecule has 0 aliphatic carbocycles. The van der Waals surface area contributed by atoms with Gasteiger partial charge < -0.3 is 9.88 Å². The molecule has 1 aliphatic heterocycles. The summed E-state index contributed by atoms with van der Waals surface area (Å²) in [6, 6.07) is 12.9. The van der Waals surface area contributed by atoms with Crippen LogP contribution in [0, 0.1) is 5.82 Å². The molecule has 124 valence electrons. The first-order valence-corrected chi connectivity index (χ1v) is 9.36. The molecule has 1 aliphatic rings. The smallest absolute Gasteiger partial charge is 0.208 e. The molecule has 0 bridgehead atoms. The summed E-state index contributed by atoms with van der Waals surface area (Å²) in [5.74, 6) is -0.556. The molecule has 24 heavy (non-hydrogen) atoms. The van der Waals surface area contributed by atoms with Crippen LogP contribution in [0.1, 0.15) is 12.5 Å². The summed E-state index contributed by atoms with van der Waals surface area (Å²) in [4.78, 5) is 0.213. The van der Waals surface area contributed by atoms with Crippen molar-refractivity contribution in [3.05, 3.63) is 60.5 Å². The number of fused-ring (bicyclic) bond motifs is 1. The normalized spacial score (nSPS) is 18.3. The van der Waals surface area contributed by atoms with Crippen LogP contribution in [0.15, 0.2) is 64.5 Å². The second-order valence-electron chi connectivity index (χ2n) is 6.03. The van der Waals surface area contributed by atoms with E-state index in [1.165, 1.54) is 18.2 Å². The van der Waals surface area contributed by atoms with E-state index in [1.807, 2.05) is 22.8 Å². The molecular weight excluding hydrogens is 327 g/mol. The molecule has 6 heteroatoms. The second kappa shape index (κ2) is 5.72. The Hall–Kier alpha value is -2.18. The summed E-state index contributed by atoms with van der Waals surface area (Å²) in [5.41, 5.74) is 0.890. The summed E-state index contributed by atoms with van der Waals surface area (Å²) in [6.45, 7) is 1.74. The lowest BCUT2D eigenvalue weighted by Crippen LogP contribution is -2.12. The van der Waals surface area contributed by atoms with E-state index in [4.69, 9.17) is 0 Å². The van der Waals surface area contributed by atoms with Crippen molar-refractivity contribution in [3.63, 3.8) is 0 Å². The number of hydrogen-bond donors (Lipinski definition) is 1. The van der Waals surface area contributed by atoms with Gasteiger partial charge in [0.15, 0.2) is 0 Å². The van der Waals surface area contributed by atoms with Gasteiger partial charge in [0.2, 0.25) is 9.84 Å². The van der Waals surface area contributed by atoms with Crippen LogP contribution in [0.25, 0.3) is 10.9 Å². The Bertz CT molecular complexity index is 1000. The third kappa shape index (κ3) is 2.42. The SMILES string of the molecule is O=S(=O)(c1cccc(F)c1)c1cn(C2CCNC2)c2ccccc12. The number of halogens is 1. The topological polar surface area (TPSA) is 51.1 Å². The molecule has 2 aromatic carbocycles. The highest BCUT2D eigenvalue weighted by Gasteiger charge is 2.26. The van der Waals surface area contributed by atoms with Gasteiger partial charge >= 0.3 is 0 Å². The second-order valence-corrected chi connectivity index (χ2v) is 7.94. The molecule has 1 saturated heterocycles. The third-order valence-electron chi connectivity index (χ3n) is 4.53. The van der Waals surface area contributed by atoms with Crippen molar-refractivity contribution in [2.24, 2.45) is 0 Å². The van der Waals surface area contributed by atoms with Crippen LogP contribution in [0.4, 0.5) is 4.39 Å². The van der Waals surface area contributed by atoms with E-state index in [2.05, 4.69) is 5.32 Å². The molecule has 0 saturated carbocycles. The Morgan fingerprint density at radius 1 is 1.12 bits per heavy atom. The number of sulfone groups is 1. The minimum Gasteiger partial charge on any atom is -0.342 e. The quantitative estimate of drug-likeness (QED) is 0.794. The van der Waals surface area contributed by atoms with E-state index >= 15 is 0 Å². The van der Waals surface area contributed by atoms with Crippen molar-refractivity contribution in [1.29, 1.82) is 0 Å². The van der Waals surface area contributed by atoms with E-state index in [9.17, 15) is 12.8 Å². The predicted octanol–water partition coefficient (Wildman–Crippen LogP) is 3.15. The van der Waals surface area contributed by atoms with Crippen LogP contribution in [0.5, 0.6) is 0 Å². The number of hydrogen-bond acceptors (Lipinski definition) is 3. The average molecular weight is 344 g/mol. The molecule has 3 aromatic rings. The van der Waals surface area contributed by atoms with Gasteiger partial charge in [-0.1, -0.05) is 24.3 Å². The largest absolute Gasteiger partial charge is 0.342 e. The number of benzene rings is 2. The maximum atomic E-state index is 13.5. The lowest BCUT2D eigenvalue weighted by molar-refractivity contribution is 0.560. The molecule has 0 radical (unpaired) electrons. The number of rotatable bonds is 3. The zero-order valence-corrected chi connectivity index (χ0v) is 13.8. The first-order chi connectivity index (χ1) is 11.6. The Morgan fingerprint density at radius 3 is 2.71 bits per heavy atom. The van der Waals surface area contributed by atoms with Crippen LogP contribution in [-0.4, -0.2) is 26.1 Å². The molecular formula is C18H17FN2O2S. The molecule has 1 N–H and O–H groups in total. The minimum absolute atomic E-state index is 0.0186. The van der Waals surface area contributed by atoms with Crippen molar-refractivity contribution in [3.8, 4) is 0 Å². The summed E-state index contributed by atoms with van der Waals surface area (Å²) in [5, 5.41) is 3.98. The molecule has 1 aromatic heterocycles. The van der Waals surface area contributed by atoms with Gasteiger partial charge in [-0.3, -0.25) is 0 Å². The fourth-order valence-corrected chi connectivity index (χ4v) is 4.82. The van der Waals surface area contributed by atoms with Crippen LogP contribution >= 0.6 is 0 Å². The zero-order valence-electron chi connectivity index (χ0n) is 12.9. The maximum absolute atomic E-state index is 13.5. The van der Waals surface area contributed by atoms with Gasteiger partial charge in [0.1, 0.15) is 5.82 Å². The van der Waals surface area contributed by atoms with Gasteiger partial charge in [-0.15, -0.1) is 0 Å². The average Bonchev–Trinajstić information content (AvgIpc) is 3.22. The number of para-hydroxylation sites is 1. The van der Waals surface area contributed by atoms with Gasteiger partial charge in [-0.2, -0.15) is 0 Å². The van der Waals surface area contributed by atoms with Crippen molar-refractivity contribution >= 4 is 20.7 Å². The molecule has 1 unspecified atom stereocenters. The van der Waals surface area contributed by atoms with Crippen LogP contribution in [0.3, 0.4) is 0 Å². The Morgan fingerprint density at radius 2 is 1.96 bits per heavy atom. The van der Waals surface area contributed by atoms with E-state index in [1.54, 1.807) is 12.3 Å². The lowest BCUT2D eigenvalue weighted by Gasteiger charge is -2.12. The fourth-order valence-electron chi connectivity index (χ4n) is 3.33. The summed E-state index contributed by atoms with van der Waals surface area (Å²) < 4.78 is 41.6. The third-order valence-corrected chi connectivity index (χ3v) is 6.31. The van der Waals surface area contributed by atoms with Crippen LogP contribution in [0.2, 0.25) is 0 Å². The summed E-state index contributed by atoms with van der Waals surface area (Å²) in [6.07, 6.45) is 2.65. The van der Waals surface area contributed by atoms with Crippen molar-refractivity contribution in [1.82, 2.24) is 9.88 Å². The highest BCUT2D eigenvalue weighted by atomic mass is 32.2. The van der Waals surface area contributed by atoms with Gasteiger partial charge in [0.05, 0.1) is 9.79 Å². The van der Waals surface area contributed by atoms with Gasteiger partial charge in [0.25, 0.3) is 0 Å². The first-order valence-electron chi connectivity index (χ1n) is 7.88. The Labute approximate surface area is 139 Å². The molecule has 0 amide bonds. The Balaban J connectivity index is 1.93. The van der Waals surface area contributed by atoms with Gasteiger partial charge in [0, 0.05) is 29.7 Å². The highest BCUT2D eigenvalue weighted by molar-refractivity contribution is 7.91. The van der Waals surface area contributed by atoms with Gasteiger partial charge in [-0.25, -0.2) is 12.8 Å². The van der Waals surface area contributed by atoms with Gasteiger partial charge in [-0.05, 0) is 37.2 Å². The number of aromatic nitrogens is 1. The van der Waals surface area contributed by atoms with Crippen molar-refractivity contribution in [2.75, 3.05) is 13.1 Å². The minimum atomic E-state index is -3.78. The van der Waals surface area contributed by atoms with E-state index < -0.39 is 15.7 Å².